The van der Waals surface area contributed by atoms with E-state index in [1.807, 2.05) is 0 Å². The van der Waals surface area contributed by atoms with Crippen molar-refractivity contribution in [3.63, 3.8) is 0 Å². The Morgan fingerprint density at radius 3 is 2.53 bits per heavy atom. The highest BCUT2D eigenvalue weighted by atomic mass is 32.1. The van der Waals surface area contributed by atoms with Crippen LogP contribution in [0.3, 0.4) is 0 Å². The van der Waals surface area contributed by atoms with E-state index in [4.69, 9.17) is 0 Å². The van der Waals surface area contributed by atoms with Crippen molar-refractivity contribution < 1.29 is 9.18 Å². The lowest BCUT2D eigenvalue weighted by Crippen LogP contribution is -2.29. The quantitative estimate of drug-likeness (QED) is 0.793. The van der Waals surface area contributed by atoms with Crippen LogP contribution in [0.4, 0.5) is 4.39 Å². The highest BCUT2D eigenvalue weighted by Gasteiger charge is 2.23. The zero-order valence-corrected chi connectivity index (χ0v) is 9.67. The van der Waals surface area contributed by atoms with Crippen molar-refractivity contribution in [2.24, 2.45) is 0 Å². The maximum atomic E-state index is 13.5. The number of likely N-dealkylation sites (N-methyl/N-ethyl adjacent to an activating group) is 1. The molecule has 1 aromatic carbocycles. The Bertz CT molecular complexity index is 354. The fraction of sp³-hybridized carbons (Fsp3) is 0.364. The summed E-state index contributed by atoms with van der Waals surface area (Å²) < 4.78 is 13.5. The summed E-state index contributed by atoms with van der Waals surface area (Å²) in [5.41, 5.74) is 0.404. The zero-order chi connectivity index (χ0) is 11.4. The Morgan fingerprint density at radius 2 is 2.07 bits per heavy atom. The average Bonchev–Trinajstić information content (AvgIpc) is 2.20. The Hall–Kier alpha value is -0.870. The topological polar surface area (TPSA) is 20.3 Å². The van der Waals surface area contributed by atoms with Crippen molar-refractivity contribution in [2.45, 2.75) is 6.04 Å². The first-order valence-electron chi connectivity index (χ1n) is 4.62. The number of nitrogens with zero attached hydrogens (tertiary/aromatic N) is 1. The second kappa shape index (κ2) is 5.28. The van der Waals surface area contributed by atoms with Crippen molar-refractivity contribution in [3.05, 3.63) is 35.6 Å². The van der Waals surface area contributed by atoms with E-state index in [9.17, 15) is 9.18 Å². The highest BCUT2D eigenvalue weighted by Crippen LogP contribution is 2.22. The van der Waals surface area contributed by atoms with Gasteiger partial charge in [0.05, 0.1) is 11.8 Å². The number of halogens is 1. The Morgan fingerprint density at radius 1 is 1.47 bits per heavy atom. The summed E-state index contributed by atoms with van der Waals surface area (Å²) in [6.45, 7) is 0. The number of hydrogen-bond donors (Lipinski definition) is 1. The van der Waals surface area contributed by atoms with E-state index in [1.165, 1.54) is 6.07 Å². The molecule has 0 aliphatic heterocycles. The minimum Gasteiger partial charge on any atom is -0.297 e. The molecule has 1 atom stereocenters. The molecule has 0 aliphatic rings. The van der Waals surface area contributed by atoms with Gasteiger partial charge in [-0.05, 0) is 20.2 Å². The summed E-state index contributed by atoms with van der Waals surface area (Å²) in [5.74, 6) is -0.350. The predicted molar refractivity (Wildman–Crippen MR) is 61.7 cm³/mol. The Labute approximate surface area is 94.5 Å². The van der Waals surface area contributed by atoms with Gasteiger partial charge in [0.1, 0.15) is 5.82 Å². The highest BCUT2D eigenvalue weighted by molar-refractivity contribution is 7.81. The summed E-state index contributed by atoms with van der Waals surface area (Å²) >= 11 is 3.94. The third kappa shape index (κ3) is 2.79. The standard InChI is InChI=1S/C11H14FNOS/c1-13(2)11(10(14)7-15)8-5-3-4-6-9(8)12/h3-6,11,15H,7H2,1-2H3. The molecular weight excluding hydrogens is 213 g/mol. The molecule has 15 heavy (non-hydrogen) atoms. The summed E-state index contributed by atoms with van der Waals surface area (Å²) in [7, 11) is 3.50. The van der Waals surface area contributed by atoms with Gasteiger partial charge in [-0.2, -0.15) is 12.6 Å². The number of ketones is 1. The first-order valence-corrected chi connectivity index (χ1v) is 5.25. The van der Waals surface area contributed by atoms with Crippen molar-refractivity contribution >= 4 is 18.4 Å². The summed E-state index contributed by atoms with van der Waals surface area (Å²) in [6, 6.07) is 5.76. The lowest BCUT2D eigenvalue weighted by Gasteiger charge is -2.23. The van der Waals surface area contributed by atoms with Gasteiger partial charge in [-0.25, -0.2) is 4.39 Å². The molecule has 0 radical (unpaired) electrons. The Kier molecular flexibility index (Phi) is 4.29. The molecule has 0 aliphatic carbocycles. The predicted octanol–water partition coefficient (Wildman–Crippen LogP) is 1.93. The second-order valence-electron chi connectivity index (χ2n) is 3.51. The molecule has 0 bridgehead atoms. The molecule has 0 heterocycles. The van der Waals surface area contributed by atoms with E-state index in [2.05, 4.69) is 12.6 Å². The van der Waals surface area contributed by atoms with Crippen molar-refractivity contribution in [2.75, 3.05) is 19.8 Å². The molecule has 1 rings (SSSR count). The van der Waals surface area contributed by atoms with Crippen LogP contribution in [-0.4, -0.2) is 30.5 Å². The summed E-state index contributed by atoms with van der Waals surface area (Å²) in [5, 5.41) is 0. The van der Waals surface area contributed by atoms with Gasteiger partial charge in [0.25, 0.3) is 0 Å². The van der Waals surface area contributed by atoms with Crippen LogP contribution in [0.15, 0.2) is 24.3 Å². The fourth-order valence-electron chi connectivity index (χ4n) is 1.52. The van der Waals surface area contributed by atoms with Crippen LogP contribution in [0.1, 0.15) is 11.6 Å². The fourth-order valence-corrected chi connectivity index (χ4v) is 1.70. The van der Waals surface area contributed by atoms with Crippen molar-refractivity contribution in [1.82, 2.24) is 4.90 Å². The molecule has 82 valence electrons. The number of carbonyl (C=O) groups is 1. The maximum Gasteiger partial charge on any atom is 0.164 e. The molecule has 2 nitrogen and oxygen atoms in total. The minimum atomic E-state index is -0.552. The van der Waals surface area contributed by atoms with Crippen LogP contribution in [0.2, 0.25) is 0 Å². The smallest absolute Gasteiger partial charge is 0.164 e. The molecule has 0 spiro atoms. The Balaban J connectivity index is 3.10. The van der Waals surface area contributed by atoms with Gasteiger partial charge in [0.15, 0.2) is 5.78 Å². The molecular formula is C11H14FNOS. The maximum absolute atomic E-state index is 13.5. The van der Waals surface area contributed by atoms with Gasteiger partial charge in [-0.3, -0.25) is 9.69 Å². The summed E-state index contributed by atoms with van der Waals surface area (Å²) in [6.07, 6.45) is 0. The molecule has 0 N–H and O–H groups in total. The van der Waals surface area contributed by atoms with Crippen LogP contribution >= 0.6 is 12.6 Å². The third-order valence-corrected chi connectivity index (χ3v) is 2.49. The number of Topliss-reactive ketones (excluding diaryl/α,β-unsaturated/α-hetero) is 1. The number of hydrogen-bond acceptors (Lipinski definition) is 3. The van der Waals surface area contributed by atoms with Crippen LogP contribution in [0.5, 0.6) is 0 Å². The van der Waals surface area contributed by atoms with Crippen LogP contribution < -0.4 is 0 Å². The lowest BCUT2D eigenvalue weighted by atomic mass is 10.0. The molecule has 0 saturated heterocycles. The number of benzene rings is 1. The van der Waals surface area contributed by atoms with Crippen LogP contribution in [0.25, 0.3) is 0 Å². The van der Waals surface area contributed by atoms with Crippen LogP contribution in [0, 0.1) is 5.82 Å². The minimum absolute atomic E-state index is 0.103. The van der Waals surface area contributed by atoms with Crippen LogP contribution in [-0.2, 0) is 4.79 Å². The average molecular weight is 227 g/mol. The van der Waals surface area contributed by atoms with E-state index >= 15 is 0 Å². The molecule has 1 unspecified atom stereocenters. The van der Waals surface area contributed by atoms with Gasteiger partial charge in [-0.1, -0.05) is 18.2 Å². The SMILES string of the molecule is CN(C)C(C(=O)CS)c1ccccc1F. The van der Waals surface area contributed by atoms with Gasteiger partial charge in [0.2, 0.25) is 0 Å². The van der Waals surface area contributed by atoms with Gasteiger partial charge >= 0.3 is 0 Å². The number of carbonyl (C=O) groups excluding carboxylic acids is 1. The second-order valence-corrected chi connectivity index (χ2v) is 3.83. The van der Waals surface area contributed by atoms with E-state index in [-0.39, 0.29) is 17.4 Å². The van der Waals surface area contributed by atoms with Crippen molar-refractivity contribution in [3.8, 4) is 0 Å². The van der Waals surface area contributed by atoms with Crippen molar-refractivity contribution in [1.29, 1.82) is 0 Å². The molecule has 0 fully saturated rings. The van der Waals surface area contributed by atoms with Gasteiger partial charge in [0, 0.05) is 5.56 Å². The lowest BCUT2D eigenvalue weighted by molar-refractivity contribution is -0.121. The molecule has 4 heteroatoms. The molecule has 1 aromatic rings. The number of thiol groups is 1. The summed E-state index contributed by atoms with van der Waals surface area (Å²) in [4.78, 5) is 13.3. The van der Waals surface area contributed by atoms with Gasteiger partial charge < -0.3 is 0 Å². The first kappa shape index (κ1) is 12.2. The zero-order valence-electron chi connectivity index (χ0n) is 8.77. The van der Waals surface area contributed by atoms with E-state index in [0.717, 1.165) is 0 Å². The normalized spacial score (nSPS) is 12.9. The first-order chi connectivity index (χ1) is 7.07. The largest absolute Gasteiger partial charge is 0.297 e. The monoisotopic (exact) mass is 227 g/mol. The molecule has 0 saturated carbocycles. The van der Waals surface area contributed by atoms with E-state index in [0.29, 0.717) is 5.56 Å². The van der Waals surface area contributed by atoms with E-state index in [1.54, 1.807) is 37.2 Å². The van der Waals surface area contributed by atoms with E-state index < -0.39 is 6.04 Å². The molecule has 0 aromatic heterocycles. The molecule has 0 amide bonds. The number of rotatable bonds is 4. The van der Waals surface area contributed by atoms with Gasteiger partial charge in [-0.15, -0.1) is 0 Å². The third-order valence-electron chi connectivity index (χ3n) is 2.18.